The topological polar surface area (TPSA) is 21.3 Å². The van der Waals surface area contributed by atoms with Crippen LogP contribution in [0.3, 0.4) is 0 Å². The molecule has 1 atom stereocenters. The Hall–Kier alpha value is -0.260. The van der Waals surface area contributed by atoms with Gasteiger partial charge in [-0.2, -0.15) is 0 Å². The van der Waals surface area contributed by atoms with Crippen molar-refractivity contribution in [2.45, 2.75) is 6.04 Å². The molecule has 2 aromatic carbocycles. The van der Waals surface area contributed by atoms with Crippen LogP contribution in [-0.2, 0) is 0 Å². The van der Waals surface area contributed by atoms with Crippen LogP contribution in [-0.4, -0.2) is 14.2 Å². The third kappa shape index (κ3) is 3.74. The van der Waals surface area contributed by atoms with Gasteiger partial charge in [-0.1, -0.05) is 45.2 Å². The highest BCUT2D eigenvalue weighted by molar-refractivity contribution is 9.10. The fraction of sp³-hybridized carbons (Fsp3) is 0.200. The standard InChI is InChI=1S/C15H13Br2Cl2NO/c1-20-14(10-4-3-8(18)6-12(10)16)11-5-9(19)7-13(17)15(11)21-2/h3-7,14,20H,1-2H3. The number of benzene rings is 2. The quantitative estimate of drug-likeness (QED) is 0.628. The molecule has 0 aromatic heterocycles. The SMILES string of the molecule is CNC(c1ccc(Cl)cc1Br)c1cc(Cl)cc(Br)c1OC. The minimum Gasteiger partial charge on any atom is -0.495 e. The molecule has 0 heterocycles. The highest BCUT2D eigenvalue weighted by Crippen LogP contribution is 2.40. The molecule has 0 bridgehead atoms. The summed E-state index contributed by atoms with van der Waals surface area (Å²) in [6.07, 6.45) is 0. The van der Waals surface area contributed by atoms with Gasteiger partial charge in [0.15, 0.2) is 0 Å². The average molecular weight is 454 g/mol. The maximum absolute atomic E-state index is 6.19. The third-order valence-corrected chi connectivity index (χ3v) is 4.84. The van der Waals surface area contributed by atoms with Crippen molar-refractivity contribution < 1.29 is 4.74 Å². The summed E-state index contributed by atoms with van der Waals surface area (Å²) in [5.41, 5.74) is 2.00. The molecule has 0 fully saturated rings. The molecular formula is C15H13Br2Cl2NO. The van der Waals surface area contributed by atoms with Crippen LogP contribution in [0.5, 0.6) is 5.75 Å². The van der Waals surface area contributed by atoms with Crippen molar-refractivity contribution in [3.8, 4) is 5.75 Å². The lowest BCUT2D eigenvalue weighted by atomic mass is 9.98. The number of ether oxygens (including phenoxy) is 1. The second-order valence-corrected chi connectivity index (χ2v) is 6.98. The zero-order chi connectivity index (χ0) is 15.6. The van der Waals surface area contributed by atoms with E-state index >= 15 is 0 Å². The van der Waals surface area contributed by atoms with Crippen LogP contribution < -0.4 is 10.1 Å². The molecule has 1 unspecified atom stereocenters. The first kappa shape index (κ1) is 17.1. The van der Waals surface area contributed by atoms with Crippen molar-refractivity contribution in [2.24, 2.45) is 0 Å². The van der Waals surface area contributed by atoms with E-state index in [1.165, 1.54) is 0 Å². The van der Waals surface area contributed by atoms with Crippen LogP contribution >= 0.6 is 55.1 Å². The molecule has 6 heteroatoms. The Labute approximate surface area is 151 Å². The van der Waals surface area contributed by atoms with Crippen molar-refractivity contribution in [3.63, 3.8) is 0 Å². The first-order valence-corrected chi connectivity index (χ1v) is 8.47. The Morgan fingerprint density at radius 1 is 1.00 bits per heavy atom. The monoisotopic (exact) mass is 451 g/mol. The summed E-state index contributed by atoms with van der Waals surface area (Å²) in [5.74, 6) is 0.751. The van der Waals surface area contributed by atoms with E-state index in [9.17, 15) is 0 Å². The molecule has 0 amide bonds. The number of methoxy groups -OCH3 is 1. The lowest BCUT2D eigenvalue weighted by Gasteiger charge is -2.22. The summed E-state index contributed by atoms with van der Waals surface area (Å²) in [5, 5.41) is 4.61. The molecule has 1 N–H and O–H groups in total. The first-order chi connectivity index (χ1) is 9.97. The van der Waals surface area contributed by atoms with E-state index in [1.807, 2.05) is 37.4 Å². The van der Waals surface area contributed by atoms with Gasteiger partial charge in [0.05, 0.1) is 17.6 Å². The van der Waals surface area contributed by atoms with Gasteiger partial charge in [-0.05, 0) is 52.8 Å². The zero-order valence-corrected chi connectivity index (χ0v) is 16.1. The van der Waals surface area contributed by atoms with E-state index in [2.05, 4.69) is 37.2 Å². The minimum atomic E-state index is -0.0819. The largest absolute Gasteiger partial charge is 0.495 e. The molecule has 0 spiro atoms. The fourth-order valence-corrected chi connectivity index (χ4v) is 4.13. The highest BCUT2D eigenvalue weighted by atomic mass is 79.9. The van der Waals surface area contributed by atoms with E-state index in [1.54, 1.807) is 7.11 Å². The summed E-state index contributed by atoms with van der Waals surface area (Å²) in [4.78, 5) is 0. The first-order valence-electron chi connectivity index (χ1n) is 6.13. The normalized spacial score (nSPS) is 12.3. The van der Waals surface area contributed by atoms with E-state index in [4.69, 9.17) is 27.9 Å². The van der Waals surface area contributed by atoms with Crippen LogP contribution in [0.25, 0.3) is 0 Å². The molecule has 21 heavy (non-hydrogen) atoms. The molecule has 0 aliphatic carbocycles. The van der Waals surface area contributed by atoms with Crippen molar-refractivity contribution in [3.05, 3.63) is 60.4 Å². The Kier molecular flexibility index (Phi) is 5.97. The van der Waals surface area contributed by atoms with E-state index in [0.717, 1.165) is 25.8 Å². The van der Waals surface area contributed by atoms with E-state index in [-0.39, 0.29) is 6.04 Å². The molecule has 0 aliphatic heterocycles. The summed E-state index contributed by atoms with van der Waals surface area (Å²) in [6, 6.07) is 9.33. The molecule has 2 rings (SSSR count). The number of nitrogens with one attached hydrogen (secondary N) is 1. The van der Waals surface area contributed by atoms with Gasteiger partial charge in [0.2, 0.25) is 0 Å². The van der Waals surface area contributed by atoms with E-state index in [0.29, 0.717) is 10.0 Å². The predicted octanol–water partition coefficient (Wildman–Crippen LogP) is 5.84. The van der Waals surface area contributed by atoms with Gasteiger partial charge in [-0.25, -0.2) is 0 Å². The molecule has 112 valence electrons. The molecular weight excluding hydrogens is 441 g/mol. The maximum atomic E-state index is 6.19. The lowest BCUT2D eigenvalue weighted by Crippen LogP contribution is -2.19. The van der Waals surface area contributed by atoms with Crippen molar-refractivity contribution in [1.82, 2.24) is 5.32 Å². The summed E-state index contributed by atoms with van der Waals surface area (Å²) < 4.78 is 7.25. The Morgan fingerprint density at radius 3 is 2.24 bits per heavy atom. The second kappa shape index (κ2) is 7.34. The Morgan fingerprint density at radius 2 is 1.67 bits per heavy atom. The van der Waals surface area contributed by atoms with Crippen molar-refractivity contribution in [1.29, 1.82) is 0 Å². The van der Waals surface area contributed by atoms with Gasteiger partial charge in [-0.3, -0.25) is 0 Å². The van der Waals surface area contributed by atoms with Crippen molar-refractivity contribution >= 4 is 55.1 Å². The Bertz CT molecular complexity index is 664. The number of hydrogen-bond acceptors (Lipinski definition) is 2. The molecule has 0 aliphatic rings. The molecule has 2 aromatic rings. The smallest absolute Gasteiger partial charge is 0.138 e. The van der Waals surface area contributed by atoms with Gasteiger partial charge < -0.3 is 10.1 Å². The van der Waals surface area contributed by atoms with Crippen LogP contribution in [0.15, 0.2) is 39.3 Å². The van der Waals surface area contributed by atoms with Gasteiger partial charge in [0, 0.05) is 20.1 Å². The third-order valence-electron chi connectivity index (χ3n) is 3.11. The van der Waals surface area contributed by atoms with Gasteiger partial charge in [0.1, 0.15) is 5.75 Å². The summed E-state index contributed by atoms with van der Waals surface area (Å²) in [6.45, 7) is 0. The maximum Gasteiger partial charge on any atom is 0.138 e. The average Bonchev–Trinajstić information content (AvgIpc) is 2.41. The predicted molar refractivity (Wildman–Crippen MR) is 95.8 cm³/mol. The van der Waals surface area contributed by atoms with E-state index < -0.39 is 0 Å². The summed E-state index contributed by atoms with van der Waals surface area (Å²) in [7, 11) is 3.53. The van der Waals surface area contributed by atoms with Gasteiger partial charge >= 0.3 is 0 Å². The minimum absolute atomic E-state index is 0.0819. The van der Waals surface area contributed by atoms with Crippen LogP contribution in [0, 0.1) is 0 Å². The second-order valence-electron chi connectivity index (χ2n) is 4.40. The molecule has 0 saturated carbocycles. The van der Waals surface area contributed by atoms with Crippen LogP contribution in [0.4, 0.5) is 0 Å². The van der Waals surface area contributed by atoms with Crippen LogP contribution in [0.2, 0.25) is 10.0 Å². The highest BCUT2D eigenvalue weighted by Gasteiger charge is 2.21. The molecule has 0 radical (unpaired) electrons. The zero-order valence-electron chi connectivity index (χ0n) is 11.4. The fourth-order valence-electron chi connectivity index (χ4n) is 2.22. The van der Waals surface area contributed by atoms with Gasteiger partial charge in [0.25, 0.3) is 0 Å². The molecule has 2 nitrogen and oxygen atoms in total. The summed E-state index contributed by atoms with van der Waals surface area (Å²) >= 11 is 19.3. The van der Waals surface area contributed by atoms with Gasteiger partial charge in [-0.15, -0.1) is 0 Å². The Balaban J connectivity index is 2.61. The lowest BCUT2D eigenvalue weighted by molar-refractivity contribution is 0.402. The number of hydrogen-bond donors (Lipinski definition) is 1. The van der Waals surface area contributed by atoms with Crippen LogP contribution in [0.1, 0.15) is 17.2 Å². The van der Waals surface area contributed by atoms with Crippen molar-refractivity contribution in [2.75, 3.05) is 14.2 Å². The number of rotatable bonds is 4. The number of halogens is 4. The molecule has 0 saturated heterocycles.